The Morgan fingerprint density at radius 2 is 1.47 bits per heavy atom. The molecule has 0 saturated heterocycles. The molecule has 0 aliphatic rings. The van der Waals surface area contributed by atoms with E-state index in [0.717, 1.165) is 0 Å². The summed E-state index contributed by atoms with van der Waals surface area (Å²) in [6.45, 7) is 13.5. The summed E-state index contributed by atoms with van der Waals surface area (Å²) < 4.78 is 10.9. The second-order valence-corrected chi connectivity index (χ2v) is 5.17. The van der Waals surface area contributed by atoms with Gasteiger partial charge in [-0.15, -0.1) is 0 Å². The molecule has 1 N–H and O–H groups in total. The van der Waals surface area contributed by atoms with Crippen LogP contribution in [0.1, 0.15) is 48.5 Å². The van der Waals surface area contributed by atoms with Crippen LogP contribution >= 0.6 is 0 Å². The molecule has 0 aliphatic carbocycles. The Morgan fingerprint density at radius 1 is 0.941 bits per heavy atom. The van der Waals surface area contributed by atoms with E-state index < -0.39 is 6.04 Å². The molecule has 0 bridgehead atoms. The zero-order valence-electron chi connectivity index (χ0n) is 12.1. The monoisotopic (exact) mass is 245 g/mol. The summed E-state index contributed by atoms with van der Waals surface area (Å²) >= 11 is 0. The minimum absolute atomic E-state index is 0.0910. The molecule has 0 aliphatic heterocycles. The molecule has 0 heterocycles. The lowest BCUT2D eigenvalue weighted by Gasteiger charge is -2.27. The predicted molar refractivity (Wildman–Crippen MR) is 69.0 cm³/mol. The Hall–Kier alpha value is -0.610. The Bertz CT molecular complexity index is 227. The van der Waals surface area contributed by atoms with E-state index in [4.69, 9.17) is 9.47 Å². The first-order chi connectivity index (χ1) is 7.73. The number of nitrogens with one attached hydrogen (secondary N) is 1. The molecule has 0 rings (SSSR count). The number of hydrogen-bond donors (Lipinski definition) is 1. The standard InChI is InChI=1S/C13H27NO3/c1-8(2)14-12(11(7)16-9(3)4)13(15)17-10(5)6/h8-12,14H,1-7H3/t11?,12-/m0/s1. The first kappa shape index (κ1) is 16.4. The highest BCUT2D eigenvalue weighted by molar-refractivity contribution is 5.76. The molecule has 4 nitrogen and oxygen atoms in total. The number of hydrogen-bond acceptors (Lipinski definition) is 4. The highest BCUT2D eigenvalue weighted by atomic mass is 16.5. The molecule has 17 heavy (non-hydrogen) atoms. The second kappa shape index (κ2) is 7.67. The van der Waals surface area contributed by atoms with Crippen molar-refractivity contribution in [2.45, 2.75) is 78.9 Å². The van der Waals surface area contributed by atoms with Crippen LogP contribution in [0.2, 0.25) is 0 Å². The average Bonchev–Trinajstić information content (AvgIpc) is 2.11. The zero-order chi connectivity index (χ0) is 13.6. The summed E-state index contributed by atoms with van der Waals surface area (Å²) in [5, 5.41) is 3.19. The van der Waals surface area contributed by atoms with Crippen molar-refractivity contribution in [2.75, 3.05) is 0 Å². The van der Waals surface area contributed by atoms with Crippen molar-refractivity contribution >= 4 is 5.97 Å². The fraction of sp³-hybridized carbons (Fsp3) is 0.923. The van der Waals surface area contributed by atoms with Gasteiger partial charge in [0.1, 0.15) is 6.04 Å². The Labute approximate surface area is 105 Å². The van der Waals surface area contributed by atoms with Crippen LogP contribution < -0.4 is 5.32 Å². The van der Waals surface area contributed by atoms with Crippen LogP contribution in [0.15, 0.2) is 0 Å². The Balaban J connectivity index is 4.56. The lowest BCUT2D eigenvalue weighted by atomic mass is 10.1. The number of esters is 1. The summed E-state index contributed by atoms with van der Waals surface area (Å²) in [5.74, 6) is -0.248. The fourth-order valence-electron chi connectivity index (χ4n) is 1.57. The molecular weight excluding hydrogens is 218 g/mol. The van der Waals surface area contributed by atoms with Gasteiger partial charge in [0.2, 0.25) is 0 Å². The minimum atomic E-state index is -0.417. The van der Waals surface area contributed by atoms with Crippen molar-refractivity contribution in [3.05, 3.63) is 0 Å². The van der Waals surface area contributed by atoms with Gasteiger partial charge >= 0.3 is 5.97 Å². The van der Waals surface area contributed by atoms with Crippen molar-refractivity contribution in [3.8, 4) is 0 Å². The molecule has 0 aromatic carbocycles. The molecular formula is C13H27NO3. The van der Waals surface area contributed by atoms with Crippen molar-refractivity contribution < 1.29 is 14.3 Å². The summed E-state index contributed by atoms with van der Waals surface area (Å²) in [6.07, 6.45) is -0.220. The maximum absolute atomic E-state index is 11.9. The van der Waals surface area contributed by atoms with Crippen molar-refractivity contribution in [1.82, 2.24) is 5.32 Å². The van der Waals surface area contributed by atoms with Crippen LogP contribution in [-0.4, -0.2) is 36.4 Å². The van der Waals surface area contributed by atoms with Crippen LogP contribution in [0.3, 0.4) is 0 Å². The second-order valence-electron chi connectivity index (χ2n) is 5.17. The van der Waals surface area contributed by atoms with Gasteiger partial charge in [-0.3, -0.25) is 4.79 Å². The van der Waals surface area contributed by atoms with Gasteiger partial charge in [-0.1, -0.05) is 13.8 Å². The van der Waals surface area contributed by atoms with Gasteiger partial charge in [-0.25, -0.2) is 0 Å². The number of carbonyl (C=O) groups is 1. The first-order valence-electron chi connectivity index (χ1n) is 6.36. The quantitative estimate of drug-likeness (QED) is 0.698. The van der Waals surface area contributed by atoms with Crippen molar-refractivity contribution in [1.29, 1.82) is 0 Å². The third kappa shape index (κ3) is 7.34. The van der Waals surface area contributed by atoms with E-state index >= 15 is 0 Å². The average molecular weight is 245 g/mol. The van der Waals surface area contributed by atoms with Gasteiger partial charge in [0, 0.05) is 6.04 Å². The molecule has 0 aromatic heterocycles. The van der Waals surface area contributed by atoms with Crippen molar-refractivity contribution in [2.24, 2.45) is 0 Å². The van der Waals surface area contributed by atoms with E-state index in [0.29, 0.717) is 0 Å². The van der Waals surface area contributed by atoms with E-state index in [-0.39, 0.29) is 30.3 Å². The van der Waals surface area contributed by atoms with E-state index in [9.17, 15) is 4.79 Å². The van der Waals surface area contributed by atoms with Crippen LogP contribution in [0, 0.1) is 0 Å². The third-order valence-corrected chi connectivity index (χ3v) is 2.07. The Morgan fingerprint density at radius 3 is 1.82 bits per heavy atom. The normalized spacial score (nSPS) is 15.4. The predicted octanol–water partition coefficient (Wildman–Crippen LogP) is 2.12. The van der Waals surface area contributed by atoms with Gasteiger partial charge in [0.15, 0.2) is 0 Å². The topological polar surface area (TPSA) is 47.6 Å². The van der Waals surface area contributed by atoms with Crippen LogP contribution in [0.5, 0.6) is 0 Å². The molecule has 2 atom stereocenters. The number of ether oxygens (including phenoxy) is 2. The number of rotatable bonds is 7. The summed E-state index contributed by atoms with van der Waals surface area (Å²) in [4.78, 5) is 11.9. The van der Waals surface area contributed by atoms with Gasteiger partial charge < -0.3 is 14.8 Å². The van der Waals surface area contributed by atoms with E-state index in [1.54, 1.807) is 0 Å². The maximum atomic E-state index is 11.9. The third-order valence-electron chi connectivity index (χ3n) is 2.07. The SMILES string of the molecule is CC(C)N[C@H](C(=O)OC(C)C)C(C)OC(C)C. The van der Waals surface area contributed by atoms with E-state index in [2.05, 4.69) is 5.32 Å². The van der Waals surface area contributed by atoms with Crippen LogP contribution in [-0.2, 0) is 14.3 Å². The maximum Gasteiger partial charge on any atom is 0.326 e. The van der Waals surface area contributed by atoms with Crippen LogP contribution in [0.4, 0.5) is 0 Å². The molecule has 0 radical (unpaired) electrons. The van der Waals surface area contributed by atoms with Crippen LogP contribution in [0.25, 0.3) is 0 Å². The Kier molecular flexibility index (Phi) is 7.39. The van der Waals surface area contributed by atoms with Gasteiger partial charge in [-0.2, -0.15) is 0 Å². The highest BCUT2D eigenvalue weighted by Crippen LogP contribution is 2.07. The minimum Gasteiger partial charge on any atom is -0.462 e. The molecule has 0 aromatic rings. The fourth-order valence-corrected chi connectivity index (χ4v) is 1.57. The highest BCUT2D eigenvalue weighted by Gasteiger charge is 2.28. The number of carbonyl (C=O) groups excluding carboxylic acids is 1. The first-order valence-corrected chi connectivity index (χ1v) is 6.36. The molecule has 102 valence electrons. The van der Waals surface area contributed by atoms with Gasteiger partial charge in [0.05, 0.1) is 18.3 Å². The van der Waals surface area contributed by atoms with E-state index in [1.165, 1.54) is 0 Å². The summed E-state index contributed by atoms with van der Waals surface area (Å²) in [5.41, 5.74) is 0. The van der Waals surface area contributed by atoms with E-state index in [1.807, 2.05) is 48.5 Å². The van der Waals surface area contributed by atoms with Gasteiger partial charge in [0.25, 0.3) is 0 Å². The lowest BCUT2D eigenvalue weighted by Crippen LogP contribution is -2.50. The lowest BCUT2D eigenvalue weighted by molar-refractivity contribution is -0.155. The largest absolute Gasteiger partial charge is 0.462 e. The molecule has 1 unspecified atom stereocenters. The molecule has 0 saturated carbocycles. The zero-order valence-corrected chi connectivity index (χ0v) is 12.1. The van der Waals surface area contributed by atoms with Crippen molar-refractivity contribution in [3.63, 3.8) is 0 Å². The van der Waals surface area contributed by atoms with Gasteiger partial charge in [-0.05, 0) is 34.6 Å². The smallest absolute Gasteiger partial charge is 0.326 e. The molecule has 0 spiro atoms. The molecule has 4 heteroatoms. The molecule has 0 fully saturated rings. The summed E-state index contributed by atoms with van der Waals surface area (Å²) in [6, 6.07) is -0.210. The molecule has 0 amide bonds. The summed E-state index contributed by atoms with van der Waals surface area (Å²) in [7, 11) is 0.